The van der Waals surface area contributed by atoms with Crippen molar-refractivity contribution in [3.63, 3.8) is 0 Å². The maximum atomic E-state index is 9.17. The Morgan fingerprint density at radius 3 is 2.08 bits per heavy atom. The molecule has 0 aromatic rings. The van der Waals surface area contributed by atoms with Crippen molar-refractivity contribution in [3.05, 3.63) is 35.8 Å². The number of rotatable bonds is 2. The van der Waals surface area contributed by atoms with E-state index in [0.717, 1.165) is 5.57 Å². The van der Waals surface area contributed by atoms with Crippen molar-refractivity contribution in [3.8, 4) is 0 Å². The van der Waals surface area contributed by atoms with Gasteiger partial charge in [0, 0.05) is 0 Å². The maximum Gasteiger partial charge on any atom is 0.111 e. The lowest BCUT2D eigenvalue weighted by molar-refractivity contribution is 0.431. The molecule has 0 aromatic carbocycles. The molecule has 0 atom stereocenters. The van der Waals surface area contributed by atoms with Gasteiger partial charge in [-0.25, -0.2) is 0 Å². The summed E-state index contributed by atoms with van der Waals surface area (Å²) in [5, 5.41) is 9.17. The molecular weight excluding hydrogens is 162 g/mol. The third kappa shape index (κ3) is 4.41. The van der Waals surface area contributed by atoms with Gasteiger partial charge < -0.3 is 10.8 Å². The van der Waals surface area contributed by atoms with Crippen molar-refractivity contribution in [1.29, 1.82) is 0 Å². The topological polar surface area (TPSA) is 46.2 Å². The summed E-state index contributed by atoms with van der Waals surface area (Å²) in [5.74, 6) is 0.253. The van der Waals surface area contributed by atoms with Gasteiger partial charge in [-0.05, 0) is 36.3 Å². The van der Waals surface area contributed by atoms with Crippen LogP contribution >= 0.6 is 0 Å². The lowest BCUT2D eigenvalue weighted by atomic mass is 9.87. The molecular formula is C11H19NO. The van der Waals surface area contributed by atoms with Gasteiger partial charge in [-0.3, -0.25) is 0 Å². The van der Waals surface area contributed by atoms with E-state index in [1.807, 2.05) is 6.08 Å². The van der Waals surface area contributed by atoms with E-state index >= 15 is 0 Å². The van der Waals surface area contributed by atoms with Crippen molar-refractivity contribution < 1.29 is 5.11 Å². The van der Waals surface area contributed by atoms with Crippen LogP contribution in [0.4, 0.5) is 0 Å². The Hall–Kier alpha value is -1.18. The molecule has 0 aliphatic rings. The second kappa shape index (κ2) is 4.75. The van der Waals surface area contributed by atoms with Gasteiger partial charge in [0.15, 0.2) is 0 Å². The van der Waals surface area contributed by atoms with Gasteiger partial charge in [-0.2, -0.15) is 0 Å². The van der Waals surface area contributed by atoms with Gasteiger partial charge in [-0.1, -0.05) is 26.8 Å². The van der Waals surface area contributed by atoms with Crippen LogP contribution in [0.2, 0.25) is 0 Å². The molecule has 0 amide bonds. The normalized spacial score (nSPS) is 15.4. The Morgan fingerprint density at radius 1 is 1.23 bits per heavy atom. The Morgan fingerprint density at radius 2 is 1.77 bits per heavy atom. The highest BCUT2D eigenvalue weighted by Gasteiger charge is 2.13. The summed E-state index contributed by atoms with van der Waals surface area (Å²) in [7, 11) is 0. The monoisotopic (exact) mass is 181 g/mol. The minimum absolute atomic E-state index is 0.0132. The zero-order valence-electron chi connectivity index (χ0n) is 8.83. The summed E-state index contributed by atoms with van der Waals surface area (Å²) in [5.41, 5.74) is 6.49. The number of nitrogens with two attached hydrogens (primary N) is 1. The predicted octanol–water partition coefficient (Wildman–Crippen LogP) is 2.89. The van der Waals surface area contributed by atoms with Gasteiger partial charge >= 0.3 is 0 Å². The van der Waals surface area contributed by atoms with Crippen LogP contribution in [0.1, 0.15) is 27.7 Å². The second-order valence-corrected chi connectivity index (χ2v) is 3.92. The Labute approximate surface area is 80.5 Å². The third-order valence-electron chi connectivity index (χ3n) is 1.78. The number of hydrogen-bond acceptors (Lipinski definition) is 2. The first-order chi connectivity index (χ1) is 5.91. The SMILES string of the molecule is C\C=C(O)/C=C\C(=C/N)C(C)(C)C. The molecule has 0 aliphatic carbocycles. The van der Waals surface area contributed by atoms with E-state index < -0.39 is 0 Å². The Bertz CT molecular complexity index is 241. The first kappa shape index (κ1) is 11.8. The fourth-order valence-electron chi connectivity index (χ4n) is 0.827. The summed E-state index contributed by atoms with van der Waals surface area (Å²) in [6, 6.07) is 0. The van der Waals surface area contributed by atoms with Crippen LogP contribution in [0, 0.1) is 5.41 Å². The van der Waals surface area contributed by atoms with Gasteiger partial charge in [0.2, 0.25) is 0 Å². The molecule has 0 rings (SSSR count). The fraction of sp³-hybridized carbons (Fsp3) is 0.455. The summed E-state index contributed by atoms with van der Waals surface area (Å²) in [4.78, 5) is 0. The molecule has 0 radical (unpaired) electrons. The van der Waals surface area contributed by atoms with E-state index in [0.29, 0.717) is 0 Å². The Kier molecular flexibility index (Phi) is 4.32. The molecule has 0 saturated carbocycles. The van der Waals surface area contributed by atoms with Crippen LogP contribution in [0.3, 0.4) is 0 Å². The quantitative estimate of drug-likeness (QED) is 0.508. The minimum atomic E-state index is 0.0132. The summed E-state index contributed by atoms with van der Waals surface area (Å²) >= 11 is 0. The molecule has 3 N–H and O–H groups in total. The van der Waals surface area contributed by atoms with E-state index in [4.69, 9.17) is 5.73 Å². The molecule has 2 heteroatoms. The highest BCUT2D eigenvalue weighted by Crippen LogP contribution is 2.25. The number of allylic oxidation sites excluding steroid dienone is 4. The molecule has 0 saturated heterocycles. The number of aliphatic hydroxyl groups is 1. The van der Waals surface area contributed by atoms with Crippen molar-refractivity contribution in [2.75, 3.05) is 0 Å². The van der Waals surface area contributed by atoms with Crippen LogP contribution in [0.5, 0.6) is 0 Å². The molecule has 0 spiro atoms. The predicted molar refractivity (Wildman–Crippen MR) is 57.3 cm³/mol. The first-order valence-corrected chi connectivity index (χ1v) is 4.37. The van der Waals surface area contributed by atoms with Crippen LogP contribution in [-0.2, 0) is 0 Å². The van der Waals surface area contributed by atoms with Crippen molar-refractivity contribution >= 4 is 0 Å². The van der Waals surface area contributed by atoms with E-state index in [1.54, 1.807) is 25.3 Å². The maximum absolute atomic E-state index is 9.17. The standard InChI is InChI=1S/C11H19NO/c1-5-10(13)7-6-9(8-12)11(2,3)4/h5-8,13H,12H2,1-4H3/b7-6-,9-8+,10-5+. The van der Waals surface area contributed by atoms with E-state index in [1.165, 1.54) is 0 Å². The zero-order valence-corrected chi connectivity index (χ0v) is 8.83. The van der Waals surface area contributed by atoms with Crippen molar-refractivity contribution in [2.24, 2.45) is 11.1 Å². The van der Waals surface area contributed by atoms with Crippen LogP contribution < -0.4 is 5.73 Å². The second-order valence-electron chi connectivity index (χ2n) is 3.92. The molecule has 13 heavy (non-hydrogen) atoms. The van der Waals surface area contributed by atoms with Crippen LogP contribution in [0.25, 0.3) is 0 Å². The highest BCUT2D eigenvalue weighted by atomic mass is 16.3. The fourth-order valence-corrected chi connectivity index (χ4v) is 0.827. The van der Waals surface area contributed by atoms with Gasteiger partial charge in [0.25, 0.3) is 0 Å². The van der Waals surface area contributed by atoms with Gasteiger partial charge in [0.1, 0.15) is 5.76 Å². The molecule has 0 aromatic heterocycles. The average molecular weight is 181 g/mol. The van der Waals surface area contributed by atoms with Crippen LogP contribution in [0.15, 0.2) is 35.8 Å². The third-order valence-corrected chi connectivity index (χ3v) is 1.78. The summed E-state index contributed by atoms with van der Waals surface area (Å²) in [6.07, 6.45) is 6.67. The summed E-state index contributed by atoms with van der Waals surface area (Å²) < 4.78 is 0. The van der Waals surface area contributed by atoms with E-state index in [-0.39, 0.29) is 11.2 Å². The van der Waals surface area contributed by atoms with Crippen molar-refractivity contribution in [2.45, 2.75) is 27.7 Å². The van der Waals surface area contributed by atoms with Gasteiger partial charge in [0.05, 0.1) is 0 Å². The molecule has 74 valence electrons. The minimum Gasteiger partial charge on any atom is -0.508 e. The lowest BCUT2D eigenvalue weighted by Gasteiger charge is -2.19. The summed E-state index contributed by atoms with van der Waals surface area (Å²) in [6.45, 7) is 8.00. The average Bonchev–Trinajstić information content (AvgIpc) is 2.02. The van der Waals surface area contributed by atoms with Crippen molar-refractivity contribution in [1.82, 2.24) is 0 Å². The largest absolute Gasteiger partial charge is 0.508 e. The molecule has 0 heterocycles. The Balaban J connectivity index is 4.60. The first-order valence-electron chi connectivity index (χ1n) is 4.37. The number of hydrogen-bond donors (Lipinski definition) is 2. The van der Waals surface area contributed by atoms with Gasteiger partial charge in [-0.15, -0.1) is 0 Å². The van der Waals surface area contributed by atoms with E-state index in [2.05, 4.69) is 20.8 Å². The lowest BCUT2D eigenvalue weighted by Crippen LogP contribution is -2.09. The molecule has 0 fully saturated rings. The highest BCUT2D eigenvalue weighted by molar-refractivity contribution is 5.27. The van der Waals surface area contributed by atoms with Crippen LogP contribution in [-0.4, -0.2) is 5.11 Å². The zero-order chi connectivity index (χ0) is 10.5. The number of aliphatic hydroxyl groups excluding tert-OH is 1. The molecule has 0 bridgehead atoms. The molecule has 0 unspecified atom stereocenters. The van der Waals surface area contributed by atoms with E-state index in [9.17, 15) is 5.11 Å². The smallest absolute Gasteiger partial charge is 0.111 e. The molecule has 2 nitrogen and oxygen atoms in total. The molecule has 0 aliphatic heterocycles.